The Hall–Kier alpha value is -2.50. The second-order valence-corrected chi connectivity index (χ2v) is 8.24. The van der Waals surface area contributed by atoms with E-state index in [9.17, 15) is 9.65 Å². The summed E-state index contributed by atoms with van der Waals surface area (Å²) in [6.07, 6.45) is 4.91. The average Bonchev–Trinajstić information content (AvgIpc) is 3.14. The Balaban J connectivity index is 1.74. The number of benzene rings is 1. The number of aromatic nitrogens is 4. The van der Waals surface area contributed by atoms with Gasteiger partial charge in [-0.15, -0.1) is 10.2 Å². The van der Waals surface area contributed by atoms with Gasteiger partial charge in [0.25, 0.3) is 0 Å². The molecule has 0 bridgehead atoms. The normalized spacial score (nSPS) is 14.8. The van der Waals surface area contributed by atoms with E-state index in [2.05, 4.69) is 42.1 Å². The van der Waals surface area contributed by atoms with Crippen molar-refractivity contribution >= 4 is 33.2 Å². The van der Waals surface area contributed by atoms with Crippen LogP contribution in [0, 0.1) is 17.3 Å². The molecule has 3 aromatic rings. The minimum absolute atomic E-state index is 0.308. The van der Waals surface area contributed by atoms with E-state index in [1.165, 1.54) is 12.3 Å². The molecule has 1 saturated heterocycles. The number of aryl methyl sites for hydroxylation is 1. The van der Waals surface area contributed by atoms with Crippen LogP contribution < -0.4 is 4.90 Å². The molecule has 6 nitrogen and oxygen atoms in total. The van der Waals surface area contributed by atoms with Gasteiger partial charge in [0.15, 0.2) is 0 Å². The fraction of sp³-hybridized carbons (Fsp3) is 0.300. The third-order valence-electron chi connectivity index (χ3n) is 5.26. The van der Waals surface area contributed by atoms with E-state index >= 15 is 0 Å². The maximum absolute atomic E-state index is 13.4. The number of hydrogen-bond acceptors (Lipinski definition) is 5. The van der Waals surface area contributed by atoms with E-state index in [4.69, 9.17) is 11.6 Å². The Morgan fingerprint density at radius 1 is 1.31 bits per heavy atom. The molecule has 1 aromatic carbocycles. The molecule has 2 aromatic heterocycles. The van der Waals surface area contributed by atoms with E-state index in [-0.39, 0.29) is 0 Å². The second-order valence-electron chi connectivity index (χ2n) is 6.98. The minimum Gasteiger partial charge on any atom is -0.370 e. The van der Waals surface area contributed by atoms with Gasteiger partial charge in [-0.05, 0) is 47.0 Å². The Kier molecular flexibility index (Phi) is 5.52. The summed E-state index contributed by atoms with van der Waals surface area (Å²) in [5.41, 5.74) is 2.62. The predicted molar refractivity (Wildman–Crippen MR) is 112 cm³/mol. The van der Waals surface area contributed by atoms with Crippen molar-refractivity contribution in [2.45, 2.75) is 18.8 Å². The second kappa shape index (κ2) is 8.09. The molecular weight excluding hydrogens is 459 g/mol. The summed E-state index contributed by atoms with van der Waals surface area (Å²) in [5, 5.41) is 18.5. The third-order valence-corrected chi connectivity index (χ3v) is 6.18. The first kappa shape index (κ1) is 19.8. The zero-order valence-corrected chi connectivity index (χ0v) is 18.0. The summed E-state index contributed by atoms with van der Waals surface area (Å²) in [6, 6.07) is 6.92. The van der Waals surface area contributed by atoms with Crippen LogP contribution in [0.4, 0.5) is 10.1 Å². The zero-order chi connectivity index (χ0) is 20.5. The summed E-state index contributed by atoms with van der Waals surface area (Å²) >= 11 is 10.0. The maximum Gasteiger partial charge on any atom is 0.212 e. The van der Waals surface area contributed by atoms with Crippen molar-refractivity contribution < 1.29 is 4.39 Å². The molecule has 0 atom stereocenters. The fourth-order valence-electron chi connectivity index (χ4n) is 3.85. The molecule has 0 amide bonds. The highest BCUT2D eigenvalue weighted by Crippen LogP contribution is 2.44. The van der Waals surface area contributed by atoms with Gasteiger partial charge in [-0.2, -0.15) is 9.65 Å². The molecule has 0 saturated carbocycles. The van der Waals surface area contributed by atoms with Crippen molar-refractivity contribution in [3.63, 3.8) is 0 Å². The molecular formula is C20H17BrClFN6. The highest BCUT2D eigenvalue weighted by Gasteiger charge is 2.29. The van der Waals surface area contributed by atoms with Crippen LogP contribution in [0.25, 0.3) is 11.1 Å². The quantitative estimate of drug-likeness (QED) is 0.514. The van der Waals surface area contributed by atoms with Crippen molar-refractivity contribution in [2.75, 3.05) is 18.0 Å². The van der Waals surface area contributed by atoms with E-state index in [0.717, 1.165) is 37.4 Å². The van der Waals surface area contributed by atoms with E-state index in [1.807, 2.05) is 11.6 Å². The highest BCUT2D eigenvalue weighted by atomic mass is 79.9. The van der Waals surface area contributed by atoms with Crippen LogP contribution in [0.3, 0.4) is 0 Å². The largest absolute Gasteiger partial charge is 0.370 e. The lowest BCUT2D eigenvalue weighted by Gasteiger charge is -2.35. The third kappa shape index (κ3) is 3.72. The standard InChI is InChI=1S/C20H17BrClFN6/c1-28-11-26-27-20(28)12-4-6-29(7-5-12)19-14(9-24)15(21)8-16(22)18(19)13-2-3-17(23)25-10-13/h2-3,8,10-12H,4-7H2,1H3. The molecule has 0 aliphatic carbocycles. The Morgan fingerprint density at radius 3 is 2.66 bits per heavy atom. The monoisotopic (exact) mass is 474 g/mol. The molecule has 0 N–H and O–H groups in total. The zero-order valence-electron chi connectivity index (χ0n) is 15.6. The van der Waals surface area contributed by atoms with Crippen LogP contribution in [-0.4, -0.2) is 32.8 Å². The minimum atomic E-state index is -0.562. The van der Waals surface area contributed by atoms with Crippen LogP contribution in [0.1, 0.15) is 30.1 Å². The van der Waals surface area contributed by atoms with E-state index < -0.39 is 5.95 Å². The number of hydrogen-bond donors (Lipinski definition) is 0. The van der Waals surface area contributed by atoms with E-state index in [1.54, 1.807) is 18.5 Å². The summed E-state index contributed by atoms with van der Waals surface area (Å²) in [5.74, 6) is 0.719. The molecule has 4 rings (SSSR count). The number of rotatable bonds is 3. The van der Waals surface area contributed by atoms with Gasteiger partial charge in [-0.3, -0.25) is 0 Å². The Morgan fingerprint density at radius 2 is 2.07 bits per heavy atom. The van der Waals surface area contributed by atoms with Crippen LogP contribution in [0.2, 0.25) is 5.02 Å². The number of pyridine rings is 1. The fourth-order valence-corrected chi connectivity index (χ4v) is 4.80. The molecule has 0 radical (unpaired) electrons. The lowest BCUT2D eigenvalue weighted by molar-refractivity contribution is 0.474. The molecule has 29 heavy (non-hydrogen) atoms. The topological polar surface area (TPSA) is 70.6 Å². The van der Waals surface area contributed by atoms with Gasteiger partial charge >= 0.3 is 0 Å². The SMILES string of the molecule is Cn1cnnc1C1CCN(c2c(C#N)c(Br)cc(Cl)c2-c2ccc(F)nc2)CC1. The van der Waals surface area contributed by atoms with Gasteiger partial charge in [0.05, 0.1) is 16.3 Å². The molecule has 148 valence electrons. The average molecular weight is 476 g/mol. The van der Waals surface area contributed by atoms with Gasteiger partial charge in [-0.1, -0.05) is 11.6 Å². The van der Waals surface area contributed by atoms with Crippen LogP contribution in [-0.2, 0) is 7.05 Å². The Labute approximate surface area is 181 Å². The first-order chi connectivity index (χ1) is 14.0. The van der Waals surface area contributed by atoms with Gasteiger partial charge in [0.2, 0.25) is 5.95 Å². The van der Waals surface area contributed by atoms with E-state index in [0.29, 0.717) is 32.1 Å². The molecule has 9 heteroatoms. The number of anilines is 1. The first-order valence-electron chi connectivity index (χ1n) is 9.12. The predicted octanol–water partition coefficient (Wildman–Crippen LogP) is 4.69. The number of nitrogens with zero attached hydrogens (tertiary/aromatic N) is 6. The summed E-state index contributed by atoms with van der Waals surface area (Å²) < 4.78 is 15.9. The summed E-state index contributed by atoms with van der Waals surface area (Å²) in [4.78, 5) is 5.93. The van der Waals surface area contributed by atoms with Gasteiger partial charge in [-0.25, -0.2) is 4.98 Å². The van der Waals surface area contributed by atoms with Crippen LogP contribution >= 0.6 is 27.5 Å². The number of halogens is 3. The highest BCUT2D eigenvalue weighted by molar-refractivity contribution is 9.10. The van der Waals surface area contributed by atoms with Gasteiger partial charge in [0, 0.05) is 47.9 Å². The maximum atomic E-state index is 13.4. The molecule has 1 fully saturated rings. The lowest BCUT2D eigenvalue weighted by Crippen LogP contribution is -2.34. The van der Waals surface area contributed by atoms with Crippen molar-refractivity contribution in [3.8, 4) is 17.2 Å². The lowest BCUT2D eigenvalue weighted by atomic mass is 9.93. The van der Waals surface area contributed by atoms with Gasteiger partial charge < -0.3 is 9.47 Å². The van der Waals surface area contributed by atoms with Gasteiger partial charge in [0.1, 0.15) is 18.2 Å². The number of piperidine rings is 1. The van der Waals surface area contributed by atoms with Crippen LogP contribution in [0.5, 0.6) is 0 Å². The number of nitriles is 1. The first-order valence-corrected chi connectivity index (χ1v) is 10.3. The summed E-state index contributed by atoms with van der Waals surface area (Å²) in [7, 11) is 1.95. The molecule has 1 aliphatic heterocycles. The van der Waals surface area contributed by atoms with Crippen molar-refractivity contribution in [1.29, 1.82) is 5.26 Å². The molecule has 1 aliphatic rings. The molecule has 0 spiro atoms. The van der Waals surface area contributed by atoms with Crippen LogP contribution in [0.15, 0.2) is 35.2 Å². The molecule has 0 unspecified atom stereocenters. The van der Waals surface area contributed by atoms with Crippen molar-refractivity contribution in [3.05, 3.63) is 57.6 Å². The molecule has 3 heterocycles. The Bertz CT molecular complexity index is 1080. The summed E-state index contributed by atoms with van der Waals surface area (Å²) in [6.45, 7) is 1.47. The van der Waals surface area contributed by atoms with Crippen molar-refractivity contribution in [1.82, 2.24) is 19.7 Å². The smallest absolute Gasteiger partial charge is 0.212 e. The van der Waals surface area contributed by atoms with Crippen molar-refractivity contribution in [2.24, 2.45) is 7.05 Å².